The van der Waals surface area contributed by atoms with E-state index in [4.69, 9.17) is 4.74 Å². The predicted molar refractivity (Wildman–Crippen MR) is 104 cm³/mol. The summed E-state index contributed by atoms with van der Waals surface area (Å²) in [4.78, 5) is 17.5. The zero-order valence-corrected chi connectivity index (χ0v) is 14.9. The lowest BCUT2D eigenvalue weighted by molar-refractivity contribution is 0.0708. The van der Waals surface area contributed by atoms with E-state index in [1.54, 1.807) is 30.4 Å². The molecule has 0 saturated heterocycles. The van der Waals surface area contributed by atoms with Crippen molar-refractivity contribution in [1.82, 2.24) is 9.99 Å². The van der Waals surface area contributed by atoms with Crippen LogP contribution in [0.15, 0.2) is 84.1 Å². The molecule has 0 fully saturated rings. The number of amides is 1. The van der Waals surface area contributed by atoms with E-state index in [1.807, 2.05) is 60.7 Å². The van der Waals surface area contributed by atoms with Crippen LogP contribution in [0.5, 0.6) is 5.75 Å². The molecule has 1 amide bonds. The van der Waals surface area contributed by atoms with E-state index in [2.05, 4.69) is 10.1 Å². The van der Waals surface area contributed by atoms with E-state index < -0.39 is 0 Å². The summed E-state index contributed by atoms with van der Waals surface area (Å²) in [5.41, 5.74) is 3.27. The summed E-state index contributed by atoms with van der Waals surface area (Å²) < 4.78 is 5.23. The second-order valence-electron chi connectivity index (χ2n) is 6.27. The molecule has 134 valence electrons. The number of benzene rings is 2. The third-order valence-electron chi connectivity index (χ3n) is 4.59. The van der Waals surface area contributed by atoms with Crippen molar-refractivity contribution >= 4 is 11.6 Å². The number of nitrogens with zero attached hydrogens (tertiary/aromatic N) is 3. The highest BCUT2D eigenvalue weighted by Gasteiger charge is 2.34. The van der Waals surface area contributed by atoms with Gasteiger partial charge < -0.3 is 4.74 Å². The average molecular weight is 357 g/mol. The molecule has 1 aliphatic rings. The Morgan fingerprint density at radius 3 is 2.41 bits per heavy atom. The van der Waals surface area contributed by atoms with Crippen LogP contribution in [0.3, 0.4) is 0 Å². The summed E-state index contributed by atoms with van der Waals surface area (Å²) in [6, 6.07) is 22.4. The van der Waals surface area contributed by atoms with Crippen molar-refractivity contribution in [2.24, 2.45) is 5.10 Å². The number of carbonyl (C=O) groups is 1. The molecule has 0 saturated carbocycles. The third-order valence-corrected chi connectivity index (χ3v) is 4.59. The number of pyridine rings is 1. The zero-order chi connectivity index (χ0) is 18.6. The molecular formula is C22H19N3O2. The fraction of sp³-hybridized carbons (Fsp3) is 0.136. The second-order valence-corrected chi connectivity index (χ2v) is 6.27. The Morgan fingerprint density at radius 1 is 1.00 bits per heavy atom. The first-order chi connectivity index (χ1) is 13.3. The van der Waals surface area contributed by atoms with Gasteiger partial charge in [0.05, 0.1) is 18.5 Å². The first-order valence-corrected chi connectivity index (χ1v) is 8.77. The van der Waals surface area contributed by atoms with Crippen LogP contribution >= 0.6 is 0 Å². The highest BCUT2D eigenvalue weighted by Crippen LogP contribution is 2.33. The van der Waals surface area contributed by atoms with Crippen molar-refractivity contribution in [1.29, 1.82) is 0 Å². The molecule has 0 bridgehead atoms. The first-order valence-electron chi connectivity index (χ1n) is 8.77. The molecule has 5 heteroatoms. The van der Waals surface area contributed by atoms with Gasteiger partial charge in [0, 0.05) is 18.2 Å². The van der Waals surface area contributed by atoms with Crippen LogP contribution in [0.1, 0.15) is 34.1 Å². The van der Waals surface area contributed by atoms with Gasteiger partial charge in [0.25, 0.3) is 5.91 Å². The van der Waals surface area contributed by atoms with Crippen molar-refractivity contribution in [2.45, 2.75) is 12.5 Å². The maximum atomic E-state index is 13.1. The van der Waals surface area contributed by atoms with Gasteiger partial charge in [0.2, 0.25) is 0 Å². The Bertz CT molecular complexity index is 954. The first kappa shape index (κ1) is 17.0. The van der Waals surface area contributed by atoms with Crippen LogP contribution < -0.4 is 4.74 Å². The summed E-state index contributed by atoms with van der Waals surface area (Å²) in [5, 5.41) is 6.22. The van der Waals surface area contributed by atoms with Gasteiger partial charge >= 0.3 is 0 Å². The summed E-state index contributed by atoms with van der Waals surface area (Å²) in [6.07, 6.45) is 2.35. The zero-order valence-electron chi connectivity index (χ0n) is 14.9. The van der Waals surface area contributed by atoms with Crippen LogP contribution in [0.4, 0.5) is 0 Å². The van der Waals surface area contributed by atoms with Crippen LogP contribution in [0.2, 0.25) is 0 Å². The summed E-state index contributed by atoms with van der Waals surface area (Å²) >= 11 is 0. The van der Waals surface area contributed by atoms with Crippen molar-refractivity contribution < 1.29 is 9.53 Å². The van der Waals surface area contributed by atoms with Gasteiger partial charge in [-0.3, -0.25) is 9.78 Å². The maximum Gasteiger partial charge on any atom is 0.274 e. The number of aromatic nitrogens is 1. The lowest BCUT2D eigenvalue weighted by Gasteiger charge is -2.21. The van der Waals surface area contributed by atoms with E-state index >= 15 is 0 Å². The minimum Gasteiger partial charge on any atom is -0.497 e. The van der Waals surface area contributed by atoms with E-state index in [-0.39, 0.29) is 11.9 Å². The molecule has 0 spiro atoms. The van der Waals surface area contributed by atoms with E-state index in [0.29, 0.717) is 12.0 Å². The average Bonchev–Trinajstić information content (AvgIpc) is 3.20. The molecule has 5 nitrogen and oxygen atoms in total. The normalized spacial score (nSPS) is 16.1. The minimum absolute atomic E-state index is 0.130. The van der Waals surface area contributed by atoms with Crippen LogP contribution in [0, 0.1) is 0 Å². The van der Waals surface area contributed by atoms with Crippen LogP contribution in [0.25, 0.3) is 0 Å². The monoisotopic (exact) mass is 357 g/mol. The van der Waals surface area contributed by atoms with Crippen molar-refractivity contribution in [3.05, 3.63) is 95.8 Å². The number of carbonyl (C=O) groups excluding carboxylic acids is 1. The van der Waals surface area contributed by atoms with Gasteiger partial charge in [-0.05, 0) is 54.1 Å². The molecule has 2 heterocycles. The molecule has 4 rings (SSSR count). The van der Waals surface area contributed by atoms with E-state index in [1.165, 1.54) is 0 Å². The predicted octanol–water partition coefficient (Wildman–Crippen LogP) is 4.08. The molecule has 27 heavy (non-hydrogen) atoms. The Balaban J connectivity index is 1.70. The number of hydrogen-bond donors (Lipinski definition) is 0. The molecule has 1 unspecified atom stereocenters. The molecule has 1 aromatic heterocycles. The number of ether oxygens (including phenoxy) is 1. The largest absolute Gasteiger partial charge is 0.497 e. The molecular weight excluding hydrogens is 338 g/mol. The second kappa shape index (κ2) is 7.41. The van der Waals surface area contributed by atoms with E-state index in [9.17, 15) is 4.79 Å². The Morgan fingerprint density at radius 2 is 1.74 bits per heavy atom. The van der Waals surface area contributed by atoms with E-state index in [0.717, 1.165) is 22.7 Å². The Kier molecular flexibility index (Phi) is 4.66. The van der Waals surface area contributed by atoms with Crippen LogP contribution in [-0.2, 0) is 0 Å². The molecule has 3 aromatic rings. The smallest absolute Gasteiger partial charge is 0.274 e. The Labute approximate surface area is 157 Å². The van der Waals surface area contributed by atoms with Crippen molar-refractivity contribution in [3.63, 3.8) is 0 Å². The number of hydrazone groups is 1. The molecule has 0 N–H and O–H groups in total. The quantitative estimate of drug-likeness (QED) is 0.707. The number of methoxy groups -OCH3 is 1. The van der Waals surface area contributed by atoms with Gasteiger partial charge in [-0.25, -0.2) is 5.01 Å². The van der Waals surface area contributed by atoms with Crippen molar-refractivity contribution in [2.75, 3.05) is 7.11 Å². The fourth-order valence-corrected chi connectivity index (χ4v) is 3.17. The molecule has 1 aliphatic heterocycles. The van der Waals surface area contributed by atoms with Gasteiger partial charge in [-0.15, -0.1) is 0 Å². The lowest BCUT2D eigenvalue weighted by atomic mass is 10.0. The minimum atomic E-state index is -0.226. The maximum absolute atomic E-state index is 13.1. The van der Waals surface area contributed by atoms with Crippen molar-refractivity contribution in [3.8, 4) is 5.75 Å². The number of hydrogen-bond acceptors (Lipinski definition) is 4. The van der Waals surface area contributed by atoms with Crippen LogP contribution in [-0.4, -0.2) is 28.7 Å². The third kappa shape index (κ3) is 3.44. The van der Waals surface area contributed by atoms with Gasteiger partial charge in [-0.1, -0.05) is 24.3 Å². The summed E-state index contributed by atoms with van der Waals surface area (Å²) in [7, 11) is 1.64. The Hall–Kier alpha value is -3.47. The number of rotatable bonds is 4. The van der Waals surface area contributed by atoms with Gasteiger partial charge in [0.1, 0.15) is 11.8 Å². The summed E-state index contributed by atoms with van der Waals surface area (Å²) in [5.74, 6) is 0.658. The topological polar surface area (TPSA) is 54.8 Å². The summed E-state index contributed by atoms with van der Waals surface area (Å²) in [6.45, 7) is 0. The molecule has 1 atom stereocenters. The standard InChI is InChI=1S/C22H19N3O2/c1-27-18-12-10-16(11-13-18)20-15-21(19-9-5-6-14-23-19)25(24-20)22(26)17-7-3-2-4-8-17/h2-14,21H,15H2,1H3. The molecule has 0 aliphatic carbocycles. The molecule has 0 radical (unpaired) electrons. The highest BCUT2D eigenvalue weighted by atomic mass is 16.5. The highest BCUT2D eigenvalue weighted by molar-refractivity contribution is 6.05. The molecule has 2 aromatic carbocycles. The lowest BCUT2D eigenvalue weighted by Crippen LogP contribution is -2.27. The fourth-order valence-electron chi connectivity index (χ4n) is 3.17. The SMILES string of the molecule is COc1ccc(C2=NN(C(=O)c3ccccc3)C(c3ccccn3)C2)cc1. The van der Waals surface area contributed by atoms with Gasteiger partial charge in [-0.2, -0.15) is 5.10 Å². The van der Waals surface area contributed by atoms with Gasteiger partial charge in [0.15, 0.2) is 0 Å².